The van der Waals surface area contributed by atoms with Crippen molar-refractivity contribution in [1.29, 1.82) is 0 Å². The second-order valence-corrected chi connectivity index (χ2v) is 8.40. The summed E-state index contributed by atoms with van der Waals surface area (Å²) in [5, 5.41) is 0. The van der Waals surface area contributed by atoms with Gasteiger partial charge in [0.05, 0.1) is 91.8 Å². The second-order valence-electron chi connectivity index (χ2n) is 5.11. The molecular weight excluding hydrogens is 408 g/mol. The van der Waals surface area contributed by atoms with E-state index >= 15 is 0 Å². The lowest BCUT2D eigenvalue weighted by atomic mass is 10.7. The minimum atomic E-state index is -3.42. The van der Waals surface area contributed by atoms with Crippen molar-refractivity contribution in [2.24, 2.45) is 0 Å². The lowest BCUT2D eigenvalue weighted by Crippen LogP contribution is -2.15. The smallest absolute Gasteiger partial charge is 0.264 e. The molecule has 0 aliphatic heterocycles. The molecule has 0 spiro atoms. The molecule has 27 heavy (non-hydrogen) atoms. The van der Waals surface area contributed by atoms with Crippen LogP contribution < -0.4 is 0 Å². The molecule has 0 aromatic rings. The van der Waals surface area contributed by atoms with Crippen LogP contribution in [0.5, 0.6) is 0 Å². The van der Waals surface area contributed by atoms with Crippen LogP contribution in [0, 0.1) is 0 Å². The molecule has 0 saturated carbocycles. The molecule has 0 aliphatic carbocycles. The fraction of sp³-hybridized carbons (Fsp3) is 1.00. The standard InChI is InChI=1S/C14H30O11S2/c1-26(15,16)24-13-11-22-9-7-20-5-3-19-4-6-21-8-10-23-12-14-25-27(2,17)18/h3-14H2,1-2H3. The van der Waals surface area contributed by atoms with Gasteiger partial charge in [-0.3, -0.25) is 8.37 Å². The predicted octanol–water partition coefficient (Wildman–Crippen LogP) is -0.978. The molecule has 0 fully saturated rings. The Morgan fingerprint density at radius 1 is 0.407 bits per heavy atom. The molecule has 164 valence electrons. The highest BCUT2D eigenvalue weighted by Gasteiger charge is 2.01. The summed E-state index contributed by atoms with van der Waals surface area (Å²) in [7, 11) is -6.84. The van der Waals surface area contributed by atoms with Gasteiger partial charge in [-0.2, -0.15) is 16.8 Å². The van der Waals surface area contributed by atoms with Crippen molar-refractivity contribution in [3.05, 3.63) is 0 Å². The van der Waals surface area contributed by atoms with Gasteiger partial charge in [0.25, 0.3) is 20.2 Å². The number of ether oxygens (including phenoxy) is 5. The third-order valence-electron chi connectivity index (χ3n) is 2.54. The van der Waals surface area contributed by atoms with Gasteiger partial charge < -0.3 is 23.7 Å². The van der Waals surface area contributed by atoms with Crippen molar-refractivity contribution in [3.8, 4) is 0 Å². The van der Waals surface area contributed by atoms with Crippen molar-refractivity contribution in [3.63, 3.8) is 0 Å². The lowest BCUT2D eigenvalue weighted by Gasteiger charge is -2.08. The molecule has 0 N–H and O–H groups in total. The molecule has 0 aromatic carbocycles. The molecule has 0 aliphatic rings. The normalized spacial score (nSPS) is 12.5. The van der Waals surface area contributed by atoms with Crippen molar-refractivity contribution >= 4 is 20.2 Å². The van der Waals surface area contributed by atoms with E-state index in [1.54, 1.807) is 0 Å². The summed E-state index contributed by atoms with van der Waals surface area (Å²) in [6.07, 6.45) is 1.96. The first-order valence-electron chi connectivity index (χ1n) is 8.28. The van der Waals surface area contributed by atoms with Crippen LogP contribution in [-0.4, -0.2) is 109 Å². The third-order valence-corrected chi connectivity index (χ3v) is 3.73. The van der Waals surface area contributed by atoms with Crippen LogP contribution in [0.4, 0.5) is 0 Å². The SMILES string of the molecule is CS(=O)(=O)OCCOCCOCCOCCOCCOCCOS(C)(=O)=O. The van der Waals surface area contributed by atoms with E-state index < -0.39 is 20.2 Å². The van der Waals surface area contributed by atoms with Crippen molar-refractivity contribution in [2.45, 2.75) is 0 Å². The Kier molecular flexibility index (Phi) is 16.3. The Morgan fingerprint density at radius 2 is 0.593 bits per heavy atom. The summed E-state index contributed by atoms with van der Waals surface area (Å²) in [5.74, 6) is 0. The predicted molar refractivity (Wildman–Crippen MR) is 95.7 cm³/mol. The first kappa shape index (κ1) is 26.6. The fourth-order valence-electron chi connectivity index (χ4n) is 1.47. The molecule has 0 amide bonds. The summed E-state index contributed by atoms with van der Waals surface area (Å²) in [6, 6.07) is 0. The molecule has 0 rings (SSSR count). The molecule has 0 bridgehead atoms. The first-order chi connectivity index (χ1) is 12.7. The van der Waals surface area contributed by atoms with E-state index in [0.29, 0.717) is 52.9 Å². The summed E-state index contributed by atoms with van der Waals surface area (Å²) in [4.78, 5) is 0. The molecule has 0 atom stereocenters. The molecule has 0 saturated heterocycles. The second kappa shape index (κ2) is 16.6. The maximum Gasteiger partial charge on any atom is 0.264 e. The van der Waals surface area contributed by atoms with Gasteiger partial charge in [0, 0.05) is 0 Å². The Balaban J connectivity index is 3.11. The van der Waals surface area contributed by atoms with Crippen molar-refractivity contribution < 1.29 is 48.9 Å². The number of rotatable bonds is 20. The number of hydrogen-bond donors (Lipinski definition) is 0. The van der Waals surface area contributed by atoms with Gasteiger partial charge in [0.2, 0.25) is 0 Å². The highest BCUT2D eigenvalue weighted by atomic mass is 32.2. The van der Waals surface area contributed by atoms with E-state index in [2.05, 4.69) is 8.37 Å². The molecule has 0 heterocycles. The Morgan fingerprint density at radius 3 is 0.778 bits per heavy atom. The van der Waals surface area contributed by atoms with Gasteiger partial charge >= 0.3 is 0 Å². The molecule has 0 unspecified atom stereocenters. The molecular formula is C14H30O11S2. The monoisotopic (exact) mass is 438 g/mol. The average molecular weight is 439 g/mol. The number of hydrogen-bond acceptors (Lipinski definition) is 11. The van der Waals surface area contributed by atoms with Gasteiger partial charge in [0.15, 0.2) is 0 Å². The topological polar surface area (TPSA) is 133 Å². The zero-order chi connectivity index (χ0) is 20.4. The van der Waals surface area contributed by atoms with Crippen LogP contribution in [-0.2, 0) is 52.3 Å². The molecule has 0 radical (unpaired) electrons. The Labute approximate surface area is 161 Å². The van der Waals surface area contributed by atoms with Crippen LogP contribution in [0.25, 0.3) is 0 Å². The highest BCUT2D eigenvalue weighted by molar-refractivity contribution is 7.86. The van der Waals surface area contributed by atoms with E-state index in [4.69, 9.17) is 23.7 Å². The van der Waals surface area contributed by atoms with Crippen LogP contribution in [0.3, 0.4) is 0 Å². The van der Waals surface area contributed by atoms with Gasteiger partial charge in [0.1, 0.15) is 0 Å². The highest BCUT2D eigenvalue weighted by Crippen LogP contribution is 1.88. The average Bonchev–Trinajstić information content (AvgIpc) is 2.55. The summed E-state index contributed by atoms with van der Waals surface area (Å²) < 4.78 is 77.8. The van der Waals surface area contributed by atoms with E-state index in [1.807, 2.05) is 0 Å². The maximum absolute atomic E-state index is 10.7. The van der Waals surface area contributed by atoms with Gasteiger partial charge in [-0.15, -0.1) is 0 Å². The zero-order valence-electron chi connectivity index (χ0n) is 15.8. The molecule has 13 heteroatoms. The van der Waals surface area contributed by atoms with Gasteiger partial charge in [-0.05, 0) is 0 Å². The van der Waals surface area contributed by atoms with Gasteiger partial charge in [-0.1, -0.05) is 0 Å². The Bertz CT molecular complexity index is 485. The van der Waals surface area contributed by atoms with E-state index in [0.717, 1.165) is 12.5 Å². The first-order valence-corrected chi connectivity index (χ1v) is 11.9. The Hall–Kier alpha value is -0.380. The third kappa shape index (κ3) is 25.6. The van der Waals surface area contributed by atoms with Crippen LogP contribution in [0.1, 0.15) is 0 Å². The largest absolute Gasteiger partial charge is 0.377 e. The maximum atomic E-state index is 10.7. The van der Waals surface area contributed by atoms with Crippen molar-refractivity contribution in [2.75, 3.05) is 91.8 Å². The van der Waals surface area contributed by atoms with E-state index in [9.17, 15) is 16.8 Å². The lowest BCUT2D eigenvalue weighted by molar-refractivity contribution is -0.0139. The fourth-order valence-corrected chi connectivity index (χ4v) is 2.21. The van der Waals surface area contributed by atoms with Crippen LogP contribution in [0.2, 0.25) is 0 Å². The summed E-state index contributed by atoms with van der Waals surface area (Å²) in [5.41, 5.74) is 0. The zero-order valence-corrected chi connectivity index (χ0v) is 17.4. The minimum Gasteiger partial charge on any atom is -0.377 e. The van der Waals surface area contributed by atoms with Crippen LogP contribution in [0.15, 0.2) is 0 Å². The van der Waals surface area contributed by atoms with Crippen LogP contribution >= 0.6 is 0 Å². The van der Waals surface area contributed by atoms with E-state index in [1.165, 1.54) is 0 Å². The quantitative estimate of drug-likeness (QED) is 0.172. The summed E-state index contributed by atoms with van der Waals surface area (Å²) >= 11 is 0. The minimum absolute atomic E-state index is 0.0125. The molecule has 11 nitrogen and oxygen atoms in total. The molecule has 0 aromatic heterocycles. The van der Waals surface area contributed by atoms with Gasteiger partial charge in [-0.25, -0.2) is 0 Å². The van der Waals surface area contributed by atoms with E-state index in [-0.39, 0.29) is 26.4 Å². The van der Waals surface area contributed by atoms with Crippen molar-refractivity contribution in [1.82, 2.24) is 0 Å². The summed E-state index contributed by atoms with van der Waals surface area (Å²) in [6.45, 7) is 3.41.